The Morgan fingerprint density at radius 2 is 2.00 bits per heavy atom. The molecule has 0 saturated heterocycles. The number of nitrogens with two attached hydrogens (primary N) is 1. The van der Waals surface area contributed by atoms with E-state index in [9.17, 15) is 4.79 Å². The molecule has 0 bridgehead atoms. The van der Waals surface area contributed by atoms with Crippen LogP contribution in [0.4, 0.5) is 0 Å². The number of carbonyl (C=O) groups excluding carboxylic acids is 1. The van der Waals surface area contributed by atoms with Crippen molar-refractivity contribution in [2.24, 2.45) is 15.7 Å². The third kappa shape index (κ3) is 2.86. The van der Waals surface area contributed by atoms with Crippen molar-refractivity contribution in [3.05, 3.63) is 70.2 Å². The van der Waals surface area contributed by atoms with Crippen molar-refractivity contribution >= 4 is 40.5 Å². The fraction of sp³-hybridized carbons (Fsp3) is 0.190. The van der Waals surface area contributed by atoms with Crippen molar-refractivity contribution in [2.75, 3.05) is 6.61 Å². The predicted octanol–water partition coefficient (Wildman–Crippen LogP) is 3.84. The van der Waals surface area contributed by atoms with Crippen molar-refractivity contribution in [2.45, 2.75) is 19.9 Å². The standard InChI is InChI=1S/C21H19ClN4O2/c1-3-28-21(27)16-12(2)25-20-17(23)19(22)24-11-26(20)18(16)15-10-6-8-13-7-4-5-9-14(13)15/h4-11,18H,3,23H2,1-2H3. The first-order valence-electron chi connectivity index (χ1n) is 8.95. The highest BCUT2D eigenvalue weighted by Crippen LogP contribution is 2.40. The van der Waals surface area contributed by atoms with Crippen LogP contribution in [0.3, 0.4) is 0 Å². The molecule has 0 spiro atoms. The molecule has 6 nitrogen and oxygen atoms in total. The van der Waals surface area contributed by atoms with Gasteiger partial charge in [-0.05, 0) is 30.2 Å². The Kier molecular flexibility index (Phi) is 4.65. The topological polar surface area (TPSA) is 80.3 Å². The van der Waals surface area contributed by atoms with Crippen molar-refractivity contribution < 1.29 is 9.53 Å². The first kappa shape index (κ1) is 18.3. The van der Waals surface area contributed by atoms with Gasteiger partial charge in [0.2, 0.25) is 0 Å². The van der Waals surface area contributed by atoms with Gasteiger partial charge < -0.3 is 15.4 Å². The molecular weight excluding hydrogens is 376 g/mol. The number of benzene rings is 2. The normalized spacial score (nSPS) is 19.0. The van der Waals surface area contributed by atoms with Crippen LogP contribution in [0.1, 0.15) is 25.5 Å². The molecule has 0 saturated carbocycles. The highest BCUT2D eigenvalue weighted by Gasteiger charge is 2.39. The molecular formula is C21H19ClN4O2. The average Bonchev–Trinajstić information content (AvgIpc) is 2.70. The third-order valence-electron chi connectivity index (χ3n) is 4.83. The number of hydrogen-bond donors (Lipinski definition) is 1. The Morgan fingerprint density at radius 3 is 2.79 bits per heavy atom. The highest BCUT2D eigenvalue weighted by atomic mass is 35.5. The molecule has 7 heteroatoms. The molecule has 28 heavy (non-hydrogen) atoms. The predicted molar refractivity (Wildman–Crippen MR) is 111 cm³/mol. The summed E-state index contributed by atoms with van der Waals surface area (Å²) in [5, 5.41) is 2.28. The van der Waals surface area contributed by atoms with E-state index in [0.717, 1.165) is 16.3 Å². The van der Waals surface area contributed by atoms with Gasteiger partial charge in [0.25, 0.3) is 0 Å². The average molecular weight is 395 g/mol. The van der Waals surface area contributed by atoms with E-state index in [0.29, 0.717) is 17.1 Å². The number of carbonyl (C=O) groups is 1. The van der Waals surface area contributed by atoms with Crippen molar-refractivity contribution in [1.82, 2.24) is 4.90 Å². The van der Waals surface area contributed by atoms with Crippen LogP contribution in [0.25, 0.3) is 10.8 Å². The second kappa shape index (κ2) is 7.13. The number of nitrogens with zero attached hydrogens (tertiary/aromatic N) is 3. The zero-order valence-corrected chi connectivity index (χ0v) is 16.3. The van der Waals surface area contributed by atoms with Gasteiger partial charge in [0, 0.05) is 0 Å². The number of rotatable bonds is 3. The van der Waals surface area contributed by atoms with Gasteiger partial charge in [0.1, 0.15) is 5.70 Å². The molecule has 2 aliphatic rings. The Hall–Kier alpha value is -3.12. The minimum absolute atomic E-state index is 0.180. The number of amidine groups is 1. The number of halogens is 1. The van der Waals surface area contributed by atoms with E-state index in [1.807, 2.05) is 42.5 Å². The van der Waals surface area contributed by atoms with E-state index in [2.05, 4.69) is 9.98 Å². The van der Waals surface area contributed by atoms with Gasteiger partial charge in [-0.15, -0.1) is 0 Å². The Labute approximate surface area is 167 Å². The maximum Gasteiger partial charge on any atom is 0.338 e. The molecule has 2 N–H and O–H groups in total. The lowest BCUT2D eigenvalue weighted by atomic mass is 9.90. The largest absolute Gasteiger partial charge is 0.463 e. The lowest BCUT2D eigenvalue weighted by Gasteiger charge is -2.37. The quantitative estimate of drug-likeness (QED) is 0.633. The van der Waals surface area contributed by atoms with E-state index in [1.165, 1.54) is 0 Å². The SMILES string of the molecule is CCOC(=O)C1=C(C)N=C2C(N)=C(Cl)N=CN2C1c1cccc2ccccc12. The summed E-state index contributed by atoms with van der Waals surface area (Å²) in [5.41, 5.74) is 8.37. The van der Waals surface area contributed by atoms with Crippen molar-refractivity contribution in [3.63, 3.8) is 0 Å². The van der Waals surface area contributed by atoms with Crippen molar-refractivity contribution in [1.29, 1.82) is 0 Å². The second-order valence-electron chi connectivity index (χ2n) is 6.48. The first-order valence-corrected chi connectivity index (χ1v) is 9.33. The highest BCUT2D eigenvalue weighted by molar-refractivity contribution is 6.33. The number of esters is 1. The monoisotopic (exact) mass is 394 g/mol. The molecule has 0 aliphatic carbocycles. The zero-order chi connectivity index (χ0) is 19.8. The van der Waals surface area contributed by atoms with Gasteiger partial charge in [-0.25, -0.2) is 14.8 Å². The minimum atomic E-state index is -0.482. The summed E-state index contributed by atoms with van der Waals surface area (Å²) in [6.07, 6.45) is 1.57. The lowest BCUT2D eigenvalue weighted by molar-refractivity contribution is -0.139. The number of ether oxygens (including phenoxy) is 1. The summed E-state index contributed by atoms with van der Waals surface area (Å²) < 4.78 is 5.34. The van der Waals surface area contributed by atoms with E-state index in [-0.39, 0.29) is 17.5 Å². The number of allylic oxidation sites excluding steroid dienone is 1. The third-order valence-corrected chi connectivity index (χ3v) is 5.13. The fourth-order valence-electron chi connectivity index (χ4n) is 3.59. The second-order valence-corrected chi connectivity index (χ2v) is 6.84. The van der Waals surface area contributed by atoms with Crippen molar-refractivity contribution in [3.8, 4) is 0 Å². The summed E-state index contributed by atoms with van der Waals surface area (Å²) in [6, 6.07) is 13.5. The molecule has 2 aromatic rings. The van der Waals surface area contributed by atoms with Gasteiger partial charge in [0.05, 0.1) is 30.3 Å². The Bertz CT molecular complexity index is 1100. The number of aliphatic imine (C=N–C) groups is 2. The van der Waals surface area contributed by atoms with Gasteiger partial charge in [-0.1, -0.05) is 54.1 Å². The molecule has 0 radical (unpaired) electrons. The van der Waals surface area contributed by atoms with Crippen LogP contribution in [0, 0.1) is 0 Å². The number of hydrogen-bond acceptors (Lipinski definition) is 6. The van der Waals surface area contributed by atoms with E-state index in [4.69, 9.17) is 22.1 Å². The molecule has 142 valence electrons. The van der Waals surface area contributed by atoms with E-state index in [1.54, 1.807) is 25.1 Å². The Balaban J connectivity index is 1.98. The van der Waals surface area contributed by atoms with Crippen LogP contribution < -0.4 is 5.73 Å². The molecule has 0 fully saturated rings. The van der Waals surface area contributed by atoms with Gasteiger partial charge in [-0.2, -0.15) is 0 Å². The van der Waals surface area contributed by atoms with Crippen LogP contribution in [0.2, 0.25) is 0 Å². The maximum atomic E-state index is 12.9. The molecule has 1 unspecified atom stereocenters. The van der Waals surface area contributed by atoms with Gasteiger partial charge in [-0.3, -0.25) is 0 Å². The molecule has 0 aromatic heterocycles. The van der Waals surface area contributed by atoms with Crippen LogP contribution in [-0.2, 0) is 9.53 Å². The van der Waals surface area contributed by atoms with Gasteiger partial charge >= 0.3 is 5.97 Å². The molecule has 4 rings (SSSR count). The van der Waals surface area contributed by atoms with Crippen LogP contribution in [0.15, 0.2) is 74.6 Å². The summed E-state index contributed by atoms with van der Waals surface area (Å²) in [5.74, 6) is 0.0665. The lowest BCUT2D eigenvalue weighted by Crippen LogP contribution is -2.44. The van der Waals surface area contributed by atoms with E-state index < -0.39 is 12.0 Å². The summed E-state index contributed by atoms with van der Waals surface area (Å²) in [4.78, 5) is 23.4. The van der Waals surface area contributed by atoms with Crippen LogP contribution >= 0.6 is 11.6 Å². The fourth-order valence-corrected chi connectivity index (χ4v) is 3.72. The smallest absolute Gasteiger partial charge is 0.338 e. The summed E-state index contributed by atoms with van der Waals surface area (Å²) >= 11 is 6.11. The summed E-state index contributed by atoms with van der Waals surface area (Å²) in [7, 11) is 0. The molecule has 2 aliphatic heterocycles. The summed E-state index contributed by atoms with van der Waals surface area (Å²) in [6.45, 7) is 3.83. The molecule has 2 heterocycles. The van der Waals surface area contributed by atoms with Gasteiger partial charge in [0.15, 0.2) is 11.0 Å². The molecule has 0 amide bonds. The maximum absolute atomic E-state index is 12.9. The van der Waals surface area contributed by atoms with E-state index >= 15 is 0 Å². The van der Waals surface area contributed by atoms with Crippen LogP contribution in [-0.4, -0.2) is 29.7 Å². The molecule has 1 atom stereocenters. The Morgan fingerprint density at radius 1 is 1.25 bits per heavy atom. The number of fused-ring (bicyclic) bond motifs is 2. The minimum Gasteiger partial charge on any atom is -0.463 e. The first-order chi connectivity index (χ1) is 13.5. The van der Waals surface area contributed by atoms with Crippen LogP contribution in [0.5, 0.6) is 0 Å². The molecule has 2 aromatic carbocycles. The zero-order valence-electron chi connectivity index (χ0n) is 15.5.